The highest BCUT2D eigenvalue weighted by atomic mass is 15.0. The monoisotopic (exact) mass is 606 g/mol. The minimum absolute atomic E-state index is 0.0568. The van der Waals surface area contributed by atoms with Crippen molar-refractivity contribution >= 4 is 27.6 Å². The lowest BCUT2D eigenvalue weighted by molar-refractivity contribution is 0.509. The fourth-order valence-electron chi connectivity index (χ4n) is 7.31. The van der Waals surface area contributed by atoms with Crippen molar-refractivity contribution in [3.8, 4) is 22.3 Å². The molecule has 0 aromatic heterocycles. The van der Waals surface area contributed by atoms with Gasteiger partial charge in [0.15, 0.2) is 0 Å². The molecule has 2 atom stereocenters. The van der Waals surface area contributed by atoms with Crippen LogP contribution in [0.5, 0.6) is 0 Å². The Morgan fingerprint density at radius 3 is 1.96 bits per heavy atom. The van der Waals surface area contributed by atoms with Crippen LogP contribution in [0.15, 0.2) is 158 Å². The van der Waals surface area contributed by atoms with E-state index in [9.17, 15) is 0 Å². The summed E-state index contributed by atoms with van der Waals surface area (Å²) < 4.78 is 0. The molecule has 7 aromatic carbocycles. The number of hydrogen-bond donors (Lipinski definition) is 2. The molecule has 2 unspecified atom stereocenters. The van der Waals surface area contributed by atoms with Gasteiger partial charge < -0.3 is 5.73 Å². The van der Waals surface area contributed by atoms with Crippen LogP contribution in [0.25, 0.3) is 49.9 Å². The predicted molar refractivity (Wildman–Crippen MR) is 199 cm³/mol. The van der Waals surface area contributed by atoms with Crippen molar-refractivity contribution in [2.24, 2.45) is 5.73 Å². The van der Waals surface area contributed by atoms with Crippen molar-refractivity contribution in [3.05, 3.63) is 186 Å². The van der Waals surface area contributed by atoms with Crippen molar-refractivity contribution in [2.75, 3.05) is 0 Å². The summed E-state index contributed by atoms with van der Waals surface area (Å²) in [7, 11) is 0. The van der Waals surface area contributed by atoms with Gasteiger partial charge in [-0.3, -0.25) is 5.32 Å². The van der Waals surface area contributed by atoms with Crippen LogP contribution in [0.4, 0.5) is 0 Å². The summed E-state index contributed by atoms with van der Waals surface area (Å²) >= 11 is 0. The van der Waals surface area contributed by atoms with Crippen LogP contribution in [0.3, 0.4) is 0 Å². The fourth-order valence-corrected chi connectivity index (χ4v) is 7.31. The molecule has 8 rings (SSSR count). The second-order valence-corrected chi connectivity index (χ2v) is 13.2. The smallest absolute Gasteiger partial charge is 0.0817 e. The van der Waals surface area contributed by atoms with E-state index < -0.39 is 0 Å². The average Bonchev–Trinajstić information content (AvgIpc) is 3.34. The number of rotatable bonds is 7. The minimum Gasteiger partial charge on any atom is -0.312 e. The van der Waals surface area contributed by atoms with E-state index in [4.69, 9.17) is 5.73 Å². The Morgan fingerprint density at radius 1 is 0.553 bits per heavy atom. The molecule has 0 radical (unpaired) electrons. The molecule has 0 amide bonds. The molecule has 1 aliphatic rings. The molecular weight excluding hydrogens is 569 g/mol. The summed E-state index contributed by atoms with van der Waals surface area (Å²) in [6.45, 7) is 4.71. The van der Waals surface area contributed by atoms with E-state index in [1.54, 1.807) is 0 Å². The van der Waals surface area contributed by atoms with Gasteiger partial charge in [0.1, 0.15) is 0 Å². The third-order valence-electron chi connectivity index (χ3n) is 9.92. The molecule has 0 bridgehead atoms. The molecule has 47 heavy (non-hydrogen) atoms. The maximum atomic E-state index is 6.68. The van der Waals surface area contributed by atoms with E-state index in [1.807, 2.05) is 18.2 Å². The van der Waals surface area contributed by atoms with E-state index in [2.05, 4.69) is 165 Å². The van der Waals surface area contributed by atoms with Crippen molar-refractivity contribution in [2.45, 2.75) is 31.5 Å². The van der Waals surface area contributed by atoms with E-state index in [0.29, 0.717) is 0 Å². The van der Waals surface area contributed by atoms with Gasteiger partial charge in [-0.15, -0.1) is 0 Å². The number of nitrogens with two attached hydrogens (primary N) is 1. The Hall–Kier alpha value is -5.28. The molecule has 2 nitrogen and oxygen atoms in total. The van der Waals surface area contributed by atoms with Crippen molar-refractivity contribution < 1.29 is 0 Å². The van der Waals surface area contributed by atoms with Crippen LogP contribution >= 0.6 is 0 Å². The Kier molecular flexibility index (Phi) is 7.33. The zero-order chi connectivity index (χ0) is 32.0. The van der Waals surface area contributed by atoms with Gasteiger partial charge in [-0.05, 0) is 89.8 Å². The highest BCUT2D eigenvalue weighted by molar-refractivity contribution is 5.98. The van der Waals surface area contributed by atoms with Crippen LogP contribution in [0, 0.1) is 0 Å². The molecule has 0 spiro atoms. The third-order valence-corrected chi connectivity index (χ3v) is 9.92. The molecule has 0 saturated carbocycles. The first-order chi connectivity index (χ1) is 23.0. The van der Waals surface area contributed by atoms with Crippen LogP contribution in [-0.4, -0.2) is 0 Å². The summed E-state index contributed by atoms with van der Waals surface area (Å²) in [6.07, 6.45) is 4.13. The molecule has 228 valence electrons. The number of benzene rings is 7. The van der Waals surface area contributed by atoms with Crippen LogP contribution in [-0.2, 0) is 5.41 Å². The lowest BCUT2D eigenvalue weighted by Gasteiger charge is -2.22. The number of hydrogen-bond acceptors (Lipinski definition) is 2. The van der Waals surface area contributed by atoms with Gasteiger partial charge in [0.2, 0.25) is 0 Å². The Bertz CT molecular complexity index is 2260. The molecule has 0 fully saturated rings. The predicted octanol–water partition coefficient (Wildman–Crippen LogP) is 11.0. The fraction of sp³-hybridized carbons (Fsp3) is 0.111. The van der Waals surface area contributed by atoms with Gasteiger partial charge in [-0.25, -0.2) is 0 Å². The van der Waals surface area contributed by atoms with E-state index in [1.165, 1.54) is 60.5 Å². The average molecular weight is 607 g/mol. The SMILES string of the molecule is CC1(C)c2cc3ccccc3cc2-c2c(-c3ccc(/C=C/C(NC(N)c4ccccc4)c4ccc5ccccc5c4)cc3)cccc21. The van der Waals surface area contributed by atoms with Crippen LogP contribution < -0.4 is 11.1 Å². The molecule has 7 aromatic rings. The van der Waals surface area contributed by atoms with Crippen LogP contribution in [0.1, 0.15) is 53.9 Å². The quantitative estimate of drug-likeness (QED) is 0.177. The number of nitrogens with one attached hydrogen (secondary N) is 1. The molecule has 2 heteroatoms. The number of fused-ring (bicyclic) bond motifs is 5. The molecule has 0 heterocycles. The normalized spacial score (nSPS) is 14.7. The molecule has 3 N–H and O–H groups in total. The Morgan fingerprint density at radius 2 is 1.21 bits per heavy atom. The van der Waals surface area contributed by atoms with Crippen LogP contribution in [0.2, 0.25) is 0 Å². The minimum atomic E-state index is -0.302. The molecule has 0 saturated heterocycles. The van der Waals surface area contributed by atoms with Gasteiger partial charge in [0.25, 0.3) is 0 Å². The lowest BCUT2D eigenvalue weighted by Crippen LogP contribution is -2.31. The first-order valence-corrected chi connectivity index (χ1v) is 16.5. The Labute approximate surface area is 277 Å². The van der Waals surface area contributed by atoms with Gasteiger partial charge in [0.05, 0.1) is 12.2 Å². The maximum absolute atomic E-state index is 6.68. The Balaban J connectivity index is 1.13. The largest absolute Gasteiger partial charge is 0.312 e. The van der Waals surface area contributed by atoms with Crippen molar-refractivity contribution in [1.82, 2.24) is 5.32 Å². The van der Waals surface area contributed by atoms with E-state index in [-0.39, 0.29) is 17.6 Å². The molecule has 1 aliphatic carbocycles. The van der Waals surface area contributed by atoms with E-state index >= 15 is 0 Å². The zero-order valence-corrected chi connectivity index (χ0v) is 26.8. The summed E-state index contributed by atoms with van der Waals surface area (Å²) in [6, 6.07) is 54.5. The molecular formula is C45H38N2. The molecule has 0 aliphatic heterocycles. The van der Waals surface area contributed by atoms with E-state index in [0.717, 1.165) is 11.1 Å². The standard InChI is InChI=1S/C45H38N2/c1-45(2)40-18-10-17-38(43(40)39-28-35-15-8-9-16-36(35)29-41(39)45)32-22-19-30(20-23-32)21-26-42(47-44(46)33-12-4-3-5-13-33)37-25-24-31-11-6-7-14-34(31)27-37/h3-29,42,44,47H,46H2,1-2H3/b26-21+. The maximum Gasteiger partial charge on any atom is 0.0817 e. The third kappa shape index (κ3) is 5.36. The summed E-state index contributed by atoms with van der Waals surface area (Å²) in [5.74, 6) is 0. The van der Waals surface area contributed by atoms with Crippen molar-refractivity contribution in [3.63, 3.8) is 0 Å². The van der Waals surface area contributed by atoms with Gasteiger partial charge in [0, 0.05) is 5.41 Å². The highest BCUT2D eigenvalue weighted by Gasteiger charge is 2.37. The first-order valence-electron chi connectivity index (χ1n) is 16.5. The highest BCUT2D eigenvalue weighted by Crippen LogP contribution is 2.53. The second kappa shape index (κ2) is 11.8. The van der Waals surface area contributed by atoms with Gasteiger partial charge in [-0.1, -0.05) is 159 Å². The van der Waals surface area contributed by atoms with Crippen molar-refractivity contribution in [1.29, 1.82) is 0 Å². The lowest BCUT2D eigenvalue weighted by atomic mass is 9.81. The first kappa shape index (κ1) is 29.1. The zero-order valence-electron chi connectivity index (χ0n) is 26.8. The summed E-state index contributed by atoms with van der Waals surface area (Å²) in [5, 5.41) is 8.70. The summed E-state index contributed by atoms with van der Waals surface area (Å²) in [5.41, 5.74) is 18.0. The summed E-state index contributed by atoms with van der Waals surface area (Å²) in [4.78, 5) is 0. The topological polar surface area (TPSA) is 38.0 Å². The second-order valence-electron chi connectivity index (χ2n) is 13.2. The van der Waals surface area contributed by atoms with Gasteiger partial charge >= 0.3 is 0 Å². The van der Waals surface area contributed by atoms with Gasteiger partial charge in [-0.2, -0.15) is 0 Å².